The lowest BCUT2D eigenvalue weighted by atomic mass is 10.1. The number of thiophene rings is 1. The third kappa shape index (κ3) is 3.21. The first-order valence-electron chi connectivity index (χ1n) is 7.34. The topological polar surface area (TPSA) is 66.4 Å². The van der Waals surface area contributed by atoms with E-state index in [-0.39, 0.29) is 23.1 Å². The van der Waals surface area contributed by atoms with Crippen LogP contribution in [0.5, 0.6) is 5.75 Å². The number of amides is 1. The summed E-state index contributed by atoms with van der Waals surface area (Å²) in [4.78, 5) is 24.6. The van der Waals surface area contributed by atoms with Gasteiger partial charge in [-0.3, -0.25) is 9.59 Å². The van der Waals surface area contributed by atoms with Crippen LogP contribution in [0, 0.1) is 0 Å². The van der Waals surface area contributed by atoms with E-state index in [2.05, 4.69) is 5.32 Å². The van der Waals surface area contributed by atoms with Gasteiger partial charge < -0.3 is 10.4 Å². The molecule has 3 rings (SSSR count). The number of anilines is 1. The molecule has 0 fully saturated rings. The molecule has 0 bridgehead atoms. The first-order valence-corrected chi connectivity index (χ1v) is 8.22. The van der Waals surface area contributed by atoms with Gasteiger partial charge in [-0.15, -0.1) is 11.3 Å². The van der Waals surface area contributed by atoms with Gasteiger partial charge in [0.1, 0.15) is 5.75 Å². The minimum atomic E-state index is -0.320. The average molecular weight is 337 g/mol. The SMILES string of the molecule is CC(=O)c1ccc(O)c(NC(=O)c2sccc2-c2ccccc2)c1. The predicted octanol–water partition coefficient (Wildman–Crippen LogP) is 4.58. The number of benzene rings is 2. The van der Waals surface area contributed by atoms with E-state index in [1.807, 2.05) is 41.8 Å². The zero-order valence-electron chi connectivity index (χ0n) is 12.9. The molecule has 0 saturated heterocycles. The van der Waals surface area contributed by atoms with Crippen molar-refractivity contribution < 1.29 is 14.7 Å². The number of carbonyl (C=O) groups excluding carboxylic acids is 2. The predicted molar refractivity (Wildman–Crippen MR) is 95.8 cm³/mol. The number of phenolic OH excluding ortho intramolecular Hbond substituents is 1. The molecule has 5 heteroatoms. The second kappa shape index (κ2) is 6.68. The van der Waals surface area contributed by atoms with Gasteiger partial charge in [-0.1, -0.05) is 30.3 Å². The van der Waals surface area contributed by atoms with Crippen molar-refractivity contribution in [3.8, 4) is 16.9 Å². The van der Waals surface area contributed by atoms with Crippen LogP contribution in [0.3, 0.4) is 0 Å². The number of aromatic hydroxyl groups is 1. The van der Waals surface area contributed by atoms with Crippen LogP contribution in [0.1, 0.15) is 27.0 Å². The molecule has 0 unspecified atom stereocenters. The van der Waals surface area contributed by atoms with Crippen LogP contribution >= 0.6 is 11.3 Å². The normalized spacial score (nSPS) is 10.4. The van der Waals surface area contributed by atoms with Crippen LogP contribution in [0.4, 0.5) is 5.69 Å². The van der Waals surface area contributed by atoms with Crippen LogP contribution < -0.4 is 5.32 Å². The molecule has 1 heterocycles. The van der Waals surface area contributed by atoms with Crippen molar-refractivity contribution in [3.63, 3.8) is 0 Å². The first-order chi connectivity index (χ1) is 11.6. The largest absolute Gasteiger partial charge is 0.506 e. The molecular weight excluding hydrogens is 322 g/mol. The van der Waals surface area contributed by atoms with Gasteiger partial charge in [0.2, 0.25) is 0 Å². The summed E-state index contributed by atoms with van der Waals surface area (Å²) in [6, 6.07) is 15.9. The van der Waals surface area contributed by atoms with Crippen LogP contribution in [-0.4, -0.2) is 16.8 Å². The summed E-state index contributed by atoms with van der Waals surface area (Å²) in [5.74, 6) is -0.530. The van der Waals surface area contributed by atoms with Crippen LogP contribution in [0.2, 0.25) is 0 Å². The van der Waals surface area contributed by atoms with Gasteiger partial charge >= 0.3 is 0 Å². The summed E-state index contributed by atoms with van der Waals surface area (Å²) >= 11 is 1.33. The van der Waals surface area contributed by atoms with Crippen molar-refractivity contribution in [3.05, 3.63) is 70.4 Å². The second-order valence-electron chi connectivity index (χ2n) is 5.27. The van der Waals surface area contributed by atoms with Crippen molar-refractivity contribution >= 4 is 28.7 Å². The van der Waals surface area contributed by atoms with Gasteiger partial charge in [0.05, 0.1) is 10.6 Å². The Morgan fingerprint density at radius 3 is 2.50 bits per heavy atom. The number of nitrogens with one attached hydrogen (secondary N) is 1. The van der Waals surface area contributed by atoms with Gasteiger partial charge in [0.25, 0.3) is 5.91 Å². The second-order valence-corrected chi connectivity index (χ2v) is 6.19. The summed E-state index contributed by atoms with van der Waals surface area (Å²) < 4.78 is 0. The number of carbonyl (C=O) groups is 2. The highest BCUT2D eigenvalue weighted by molar-refractivity contribution is 7.12. The van der Waals surface area contributed by atoms with Gasteiger partial charge in [0, 0.05) is 11.1 Å². The minimum absolute atomic E-state index is 0.0776. The Labute approximate surface area is 143 Å². The number of Topliss-reactive ketones (excluding diaryl/α,β-unsaturated/α-hetero) is 1. The monoisotopic (exact) mass is 337 g/mol. The summed E-state index contributed by atoms with van der Waals surface area (Å²) in [5.41, 5.74) is 2.43. The number of ketones is 1. The Balaban J connectivity index is 1.91. The van der Waals surface area contributed by atoms with E-state index in [4.69, 9.17) is 0 Å². The fraction of sp³-hybridized carbons (Fsp3) is 0.0526. The molecule has 4 nitrogen and oxygen atoms in total. The van der Waals surface area contributed by atoms with Crippen molar-refractivity contribution in [1.82, 2.24) is 0 Å². The summed E-state index contributed by atoms with van der Waals surface area (Å²) in [7, 11) is 0. The Kier molecular flexibility index (Phi) is 4.44. The number of hydrogen-bond acceptors (Lipinski definition) is 4. The lowest BCUT2D eigenvalue weighted by molar-refractivity contribution is 0.101. The Morgan fingerprint density at radius 2 is 1.79 bits per heavy atom. The summed E-state index contributed by atoms with van der Waals surface area (Å²) in [6.07, 6.45) is 0. The zero-order valence-corrected chi connectivity index (χ0v) is 13.8. The van der Waals surface area contributed by atoms with Crippen molar-refractivity contribution in [1.29, 1.82) is 0 Å². The van der Waals surface area contributed by atoms with Crippen molar-refractivity contribution in [2.75, 3.05) is 5.32 Å². The van der Waals surface area contributed by atoms with Gasteiger partial charge in [0.15, 0.2) is 5.78 Å². The van der Waals surface area contributed by atoms with E-state index >= 15 is 0 Å². The van der Waals surface area contributed by atoms with Crippen molar-refractivity contribution in [2.45, 2.75) is 6.92 Å². The van der Waals surface area contributed by atoms with E-state index in [1.54, 1.807) is 0 Å². The highest BCUT2D eigenvalue weighted by atomic mass is 32.1. The highest BCUT2D eigenvalue weighted by Crippen LogP contribution is 2.30. The van der Waals surface area contributed by atoms with Gasteiger partial charge in [-0.05, 0) is 42.1 Å². The van der Waals surface area contributed by atoms with E-state index in [9.17, 15) is 14.7 Å². The Bertz CT molecular complexity index is 900. The smallest absolute Gasteiger partial charge is 0.266 e. The molecule has 120 valence electrons. The van der Waals surface area contributed by atoms with Crippen LogP contribution in [-0.2, 0) is 0 Å². The molecule has 0 saturated carbocycles. The molecule has 2 N–H and O–H groups in total. The summed E-state index contributed by atoms with van der Waals surface area (Å²) in [6.45, 7) is 1.44. The maximum absolute atomic E-state index is 12.6. The quantitative estimate of drug-likeness (QED) is 0.541. The summed E-state index contributed by atoms with van der Waals surface area (Å²) in [5, 5.41) is 14.5. The zero-order chi connectivity index (χ0) is 17.1. The lowest BCUT2D eigenvalue weighted by Gasteiger charge is -2.09. The first kappa shape index (κ1) is 16.0. The average Bonchev–Trinajstić information content (AvgIpc) is 3.07. The highest BCUT2D eigenvalue weighted by Gasteiger charge is 2.16. The third-order valence-corrected chi connectivity index (χ3v) is 4.52. The Morgan fingerprint density at radius 1 is 1.04 bits per heavy atom. The molecule has 0 aliphatic rings. The fourth-order valence-corrected chi connectivity index (χ4v) is 3.18. The molecule has 1 amide bonds. The minimum Gasteiger partial charge on any atom is -0.506 e. The maximum atomic E-state index is 12.6. The van der Waals surface area contributed by atoms with Gasteiger partial charge in [-0.25, -0.2) is 0 Å². The van der Waals surface area contributed by atoms with Crippen LogP contribution in [0.25, 0.3) is 11.1 Å². The van der Waals surface area contributed by atoms with E-state index in [0.717, 1.165) is 11.1 Å². The molecule has 24 heavy (non-hydrogen) atoms. The van der Waals surface area contributed by atoms with E-state index < -0.39 is 0 Å². The number of hydrogen-bond donors (Lipinski definition) is 2. The molecular formula is C19H15NO3S. The standard InChI is InChI=1S/C19H15NO3S/c1-12(21)14-7-8-17(22)16(11-14)20-19(23)18-15(9-10-24-18)13-5-3-2-4-6-13/h2-11,22H,1H3,(H,20,23). The lowest BCUT2D eigenvalue weighted by Crippen LogP contribution is -2.12. The van der Waals surface area contributed by atoms with Crippen LogP contribution in [0.15, 0.2) is 60.0 Å². The molecule has 0 aliphatic carbocycles. The molecule has 0 spiro atoms. The molecule has 0 aliphatic heterocycles. The Hall–Kier alpha value is -2.92. The maximum Gasteiger partial charge on any atom is 0.266 e. The molecule has 3 aromatic rings. The van der Waals surface area contributed by atoms with Crippen molar-refractivity contribution in [2.24, 2.45) is 0 Å². The van der Waals surface area contributed by atoms with E-state index in [1.165, 1.54) is 36.5 Å². The molecule has 1 aromatic heterocycles. The molecule has 0 atom stereocenters. The van der Waals surface area contributed by atoms with Gasteiger partial charge in [-0.2, -0.15) is 0 Å². The fourth-order valence-electron chi connectivity index (χ4n) is 2.36. The molecule has 2 aromatic carbocycles. The number of rotatable bonds is 4. The number of phenols is 1. The van der Waals surface area contributed by atoms with E-state index in [0.29, 0.717) is 10.4 Å². The third-order valence-electron chi connectivity index (χ3n) is 3.61. The molecule has 0 radical (unpaired) electrons.